The lowest BCUT2D eigenvalue weighted by molar-refractivity contribution is -0.152. The number of carbonyl (C=O) groups excluding carboxylic acids is 2. The molecule has 0 saturated carbocycles. The fourth-order valence-electron chi connectivity index (χ4n) is 1.01. The summed E-state index contributed by atoms with van der Waals surface area (Å²) in [5.41, 5.74) is 0. The Hall–Kier alpha value is -1.12. The molecule has 3 nitrogen and oxygen atoms in total. The standard InChI is InChI=1S/C8H10O3/c1-6(9)11-8-5-3-2-4-7(8)10/h2,4,8H,3,5H2,1H3/t8-/m1/s1. The first-order chi connectivity index (χ1) is 5.20. The third-order valence-corrected chi connectivity index (χ3v) is 1.50. The van der Waals surface area contributed by atoms with Gasteiger partial charge < -0.3 is 4.74 Å². The molecule has 0 aromatic heterocycles. The van der Waals surface area contributed by atoms with E-state index in [0.29, 0.717) is 6.42 Å². The molecule has 0 aromatic carbocycles. The van der Waals surface area contributed by atoms with Crippen molar-refractivity contribution < 1.29 is 14.3 Å². The Kier molecular flexibility index (Phi) is 2.41. The zero-order valence-corrected chi connectivity index (χ0v) is 6.37. The van der Waals surface area contributed by atoms with Crippen LogP contribution in [-0.4, -0.2) is 17.9 Å². The Bertz CT molecular complexity index is 205. The van der Waals surface area contributed by atoms with Crippen LogP contribution in [0.25, 0.3) is 0 Å². The van der Waals surface area contributed by atoms with E-state index in [1.54, 1.807) is 6.08 Å². The molecule has 0 bridgehead atoms. The van der Waals surface area contributed by atoms with E-state index in [1.165, 1.54) is 13.0 Å². The molecule has 11 heavy (non-hydrogen) atoms. The number of ketones is 1. The smallest absolute Gasteiger partial charge is 0.303 e. The molecule has 0 unspecified atom stereocenters. The quantitative estimate of drug-likeness (QED) is 0.525. The number of allylic oxidation sites excluding steroid dienone is 1. The van der Waals surface area contributed by atoms with Crippen LogP contribution in [0.15, 0.2) is 12.2 Å². The van der Waals surface area contributed by atoms with Crippen molar-refractivity contribution in [2.45, 2.75) is 25.9 Å². The monoisotopic (exact) mass is 154 g/mol. The highest BCUT2D eigenvalue weighted by atomic mass is 16.5. The van der Waals surface area contributed by atoms with E-state index < -0.39 is 12.1 Å². The number of esters is 1. The maximum absolute atomic E-state index is 11.0. The molecule has 3 heteroatoms. The first-order valence-corrected chi connectivity index (χ1v) is 3.58. The van der Waals surface area contributed by atoms with E-state index in [4.69, 9.17) is 4.74 Å². The van der Waals surface area contributed by atoms with Crippen LogP contribution in [0.4, 0.5) is 0 Å². The maximum atomic E-state index is 11.0. The summed E-state index contributed by atoms with van der Waals surface area (Å²) in [4.78, 5) is 21.4. The predicted octanol–water partition coefficient (Wildman–Crippen LogP) is 0.837. The molecule has 0 fully saturated rings. The minimum atomic E-state index is -0.530. The first kappa shape index (κ1) is 7.98. The fraction of sp³-hybridized carbons (Fsp3) is 0.500. The van der Waals surface area contributed by atoms with Crippen molar-refractivity contribution in [2.75, 3.05) is 0 Å². The Morgan fingerprint density at radius 3 is 3.00 bits per heavy atom. The van der Waals surface area contributed by atoms with Gasteiger partial charge in [0, 0.05) is 6.92 Å². The minimum absolute atomic E-state index is 0.105. The number of ether oxygens (including phenoxy) is 1. The highest BCUT2D eigenvalue weighted by Crippen LogP contribution is 2.11. The molecule has 1 aliphatic rings. The number of carbonyl (C=O) groups is 2. The van der Waals surface area contributed by atoms with Crippen molar-refractivity contribution >= 4 is 11.8 Å². The van der Waals surface area contributed by atoms with Gasteiger partial charge in [-0.3, -0.25) is 9.59 Å². The summed E-state index contributed by atoms with van der Waals surface area (Å²) in [7, 11) is 0. The summed E-state index contributed by atoms with van der Waals surface area (Å²) >= 11 is 0. The molecule has 0 N–H and O–H groups in total. The van der Waals surface area contributed by atoms with Crippen molar-refractivity contribution in [1.82, 2.24) is 0 Å². The molecule has 0 saturated heterocycles. The van der Waals surface area contributed by atoms with Gasteiger partial charge in [-0.1, -0.05) is 6.08 Å². The van der Waals surface area contributed by atoms with Gasteiger partial charge >= 0.3 is 5.97 Å². The summed E-state index contributed by atoms with van der Waals surface area (Å²) in [6.07, 6.45) is 4.16. The molecule has 1 aliphatic carbocycles. The second-order valence-electron chi connectivity index (χ2n) is 2.48. The van der Waals surface area contributed by atoms with Crippen LogP contribution in [0.5, 0.6) is 0 Å². The number of hydrogen-bond donors (Lipinski definition) is 0. The van der Waals surface area contributed by atoms with Gasteiger partial charge in [-0.05, 0) is 18.9 Å². The molecular formula is C8H10O3. The van der Waals surface area contributed by atoms with Crippen LogP contribution in [0.2, 0.25) is 0 Å². The van der Waals surface area contributed by atoms with Crippen molar-refractivity contribution in [1.29, 1.82) is 0 Å². The normalized spacial score (nSPS) is 23.4. The van der Waals surface area contributed by atoms with Gasteiger partial charge in [-0.15, -0.1) is 0 Å². The lowest BCUT2D eigenvalue weighted by Crippen LogP contribution is -2.26. The first-order valence-electron chi connectivity index (χ1n) is 3.58. The summed E-state index contributed by atoms with van der Waals surface area (Å²) < 4.78 is 4.76. The Morgan fingerprint density at radius 2 is 2.45 bits per heavy atom. The van der Waals surface area contributed by atoms with Gasteiger partial charge in [0.05, 0.1) is 0 Å². The van der Waals surface area contributed by atoms with Gasteiger partial charge in [-0.25, -0.2) is 0 Å². The van der Waals surface area contributed by atoms with Crippen LogP contribution >= 0.6 is 0 Å². The van der Waals surface area contributed by atoms with Crippen molar-refractivity contribution in [3.8, 4) is 0 Å². The molecule has 60 valence electrons. The van der Waals surface area contributed by atoms with Gasteiger partial charge in [0.1, 0.15) is 0 Å². The SMILES string of the molecule is CC(=O)O[C@@H]1CCC=CC1=O. The lowest BCUT2D eigenvalue weighted by Gasteiger charge is -2.15. The molecule has 0 aromatic rings. The predicted molar refractivity (Wildman–Crippen MR) is 38.9 cm³/mol. The summed E-state index contributed by atoms with van der Waals surface area (Å²) in [5, 5.41) is 0. The molecule has 0 heterocycles. The van der Waals surface area contributed by atoms with Crippen LogP contribution in [0, 0.1) is 0 Å². The van der Waals surface area contributed by atoms with Crippen molar-refractivity contribution in [3.05, 3.63) is 12.2 Å². The molecule has 1 atom stereocenters. The summed E-state index contributed by atoms with van der Waals surface area (Å²) in [6.45, 7) is 1.31. The second-order valence-corrected chi connectivity index (χ2v) is 2.48. The molecule has 0 spiro atoms. The molecule has 1 rings (SSSR count). The molecule has 0 amide bonds. The van der Waals surface area contributed by atoms with E-state index in [2.05, 4.69) is 0 Å². The number of rotatable bonds is 1. The van der Waals surface area contributed by atoms with Crippen LogP contribution in [-0.2, 0) is 14.3 Å². The second kappa shape index (κ2) is 3.32. The minimum Gasteiger partial charge on any atom is -0.454 e. The fourth-order valence-corrected chi connectivity index (χ4v) is 1.01. The van der Waals surface area contributed by atoms with Gasteiger partial charge in [-0.2, -0.15) is 0 Å². The topological polar surface area (TPSA) is 43.4 Å². The molecule has 0 radical (unpaired) electrons. The summed E-state index contributed by atoms with van der Waals surface area (Å²) in [5.74, 6) is -0.495. The molecular weight excluding hydrogens is 144 g/mol. The van der Waals surface area contributed by atoms with E-state index in [-0.39, 0.29) is 5.78 Å². The zero-order valence-electron chi connectivity index (χ0n) is 6.37. The maximum Gasteiger partial charge on any atom is 0.303 e. The Balaban J connectivity index is 2.52. The highest BCUT2D eigenvalue weighted by molar-refractivity contribution is 5.95. The van der Waals surface area contributed by atoms with E-state index in [9.17, 15) is 9.59 Å². The van der Waals surface area contributed by atoms with E-state index in [0.717, 1.165) is 6.42 Å². The molecule has 0 aliphatic heterocycles. The zero-order chi connectivity index (χ0) is 8.27. The highest BCUT2D eigenvalue weighted by Gasteiger charge is 2.20. The van der Waals surface area contributed by atoms with Gasteiger partial charge in [0.2, 0.25) is 0 Å². The third kappa shape index (κ3) is 2.18. The average Bonchev–Trinajstić information content (AvgIpc) is 1.93. The lowest BCUT2D eigenvalue weighted by atomic mass is 10.0. The largest absolute Gasteiger partial charge is 0.454 e. The summed E-state index contributed by atoms with van der Waals surface area (Å²) in [6, 6.07) is 0. The van der Waals surface area contributed by atoms with Crippen molar-refractivity contribution in [2.24, 2.45) is 0 Å². The van der Waals surface area contributed by atoms with Crippen molar-refractivity contribution in [3.63, 3.8) is 0 Å². The number of hydrogen-bond acceptors (Lipinski definition) is 3. The Morgan fingerprint density at radius 1 is 1.73 bits per heavy atom. The van der Waals surface area contributed by atoms with E-state index >= 15 is 0 Å². The van der Waals surface area contributed by atoms with Gasteiger partial charge in [0.15, 0.2) is 11.9 Å². The van der Waals surface area contributed by atoms with Crippen LogP contribution in [0.3, 0.4) is 0 Å². The average molecular weight is 154 g/mol. The third-order valence-electron chi connectivity index (χ3n) is 1.50. The van der Waals surface area contributed by atoms with E-state index in [1.807, 2.05) is 0 Å². The van der Waals surface area contributed by atoms with Crippen LogP contribution < -0.4 is 0 Å². The Labute approximate surface area is 65.0 Å². The van der Waals surface area contributed by atoms with Gasteiger partial charge in [0.25, 0.3) is 0 Å². The van der Waals surface area contributed by atoms with Crippen LogP contribution in [0.1, 0.15) is 19.8 Å².